The van der Waals surface area contributed by atoms with Crippen molar-refractivity contribution in [2.24, 2.45) is 5.10 Å². The van der Waals surface area contributed by atoms with Crippen LogP contribution in [0.1, 0.15) is 31.2 Å². The van der Waals surface area contributed by atoms with E-state index in [2.05, 4.69) is 26.0 Å². The van der Waals surface area contributed by atoms with E-state index in [9.17, 15) is 4.79 Å². The highest BCUT2D eigenvalue weighted by Gasteiger charge is 2.14. The number of methoxy groups -OCH3 is 1. The van der Waals surface area contributed by atoms with Gasteiger partial charge in [-0.2, -0.15) is 15.0 Å². The quantitative estimate of drug-likeness (QED) is 0.523. The minimum atomic E-state index is -0.239. The van der Waals surface area contributed by atoms with E-state index in [1.165, 1.54) is 11.8 Å². The molecule has 0 aliphatic rings. The third-order valence-electron chi connectivity index (χ3n) is 4.15. The second kappa shape index (κ2) is 8.88. The van der Waals surface area contributed by atoms with E-state index < -0.39 is 0 Å². The Morgan fingerprint density at radius 2 is 2.07 bits per heavy atom. The predicted molar refractivity (Wildman–Crippen MR) is 115 cm³/mol. The Balaban J connectivity index is 2.06. The maximum Gasteiger partial charge on any atom is 0.282 e. The second-order valence-electron chi connectivity index (χ2n) is 6.50. The minimum Gasteiger partial charge on any atom is -0.493 e. The molecule has 0 unspecified atom stereocenters. The number of nitriles is 1. The topological polar surface area (TPSA) is 89.5 Å². The van der Waals surface area contributed by atoms with E-state index in [-0.39, 0.29) is 18.1 Å². The highest BCUT2D eigenvalue weighted by molar-refractivity contribution is 9.10. The number of benzene rings is 2. The van der Waals surface area contributed by atoms with Gasteiger partial charge in [-0.25, -0.2) is 4.98 Å². The number of fused-ring (bicyclic) bond motifs is 1. The van der Waals surface area contributed by atoms with Crippen molar-refractivity contribution in [3.05, 3.63) is 62.6 Å². The van der Waals surface area contributed by atoms with Crippen LogP contribution in [0.15, 0.2) is 50.8 Å². The van der Waals surface area contributed by atoms with Crippen LogP contribution in [-0.4, -0.2) is 29.6 Å². The zero-order valence-corrected chi connectivity index (χ0v) is 17.8. The summed E-state index contributed by atoms with van der Waals surface area (Å²) < 4.78 is 12.8. The van der Waals surface area contributed by atoms with Gasteiger partial charge in [-0.05, 0) is 42.0 Å². The maximum absolute atomic E-state index is 13.0. The molecule has 1 aromatic heterocycles. The SMILES string of the molecule is COc1cc(C=Nn2c(C(C)C)nc3ccc(Br)cc3c2=O)ccc1OCC#N. The normalized spacial score (nSPS) is 11.2. The van der Waals surface area contributed by atoms with Crippen molar-refractivity contribution in [3.8, 4) is 17.6 Å². The molecule has 7 nitrogen and oxygen atoms in total. The van der Waals surface area contributed by atoms with Gasteiger partial charge in [0.05, 0.1) is 24.2 Å². The van der Waals surface area contributed by atoms with E-state index in [4.69, 9.17) is 14.7 Å². The van der Waals surface area contributed by atoms with E-state index >= 15 is 0 Å². The second-order valence-corrected chi connectivity index (χ2v) is 7.42. The summed E-state index contributed by atoms with van der Waals surface area (Å²) in [6.07, 6.45) is 1.56. The van der Waals surface area contributed by atoms with Crippen molar-refractivity contribution >= 4 is 33.0 Å². The fourth-order valence-corrected chi connectivity index (χ4v) is 3.13. The zero-order valence-electron chi connectivity index (χ0n) is 16.2. The fraction of sp³-hybridized carbons (Fsp3) is 0.238. The monoisotopic (exact) mass is 454 g/mol. The lowest BCUT2D eigenvalue weighted by Crippen LogP contribution is -2.23. The largest absolute Gasteiger partial charge is 0.493 e. The molecule has 0 spiro atoms. The average Bonchev–Trinajstić information content (AvgIpc) is 2.71. The average molecular weight is 455 g/mol. The molecule has 3 aromatic rings. The Morgan fingerprint density at radius 1 is 1.28 bits per heavy atom. The molecular formula is C21H19BrN4O3. The van der Waals surface area contributed by atoms with Crippen LogP contribution in [0.5, 0.6) is 11.5 Å². The van der Waals surface area contributed by atoms with Gasteiger partial charge in [-0.3, -0.25) is 4.79 Å². The first kappa shape index (κ1) is 20.6. The molecule has 0 radical (unpaired) electrons. The van der Waals surface area contributed by atoms with Crippen LogP contribution >= 0.6 is 15.9 Å². The van der Waals surface area contributed by atoms with Crippen LogP contribution in [0, 0.1) is 11.3 Å². The first-order chi connectivity index (χ1) is 13.9. The van der Waals surface area contributed by atoms with Crippen LogP contribution in [0.4, 0.5) is 0 Å². The molecule has 0 aliphatic carbocycles. The Labute approximate surface area is 176 Å². The summed E-state index contributed by atoms with van der Waals surface area (Å²) in [6, 6.07) is 12.5. The van der Waals surface area contributed by atoms with Crippen molar-refractivity contribution in [1.29, 1.82) is 5.26 Å². The van der Waals surface area contributed by atoms with Crippen molar-refractivity contribution < 1.29 is 9.47 Å². The van der Waals surface area contributed by atoms with E-state index in [1.54, 1.807) is 30.5 Å². The van der Waals surface area contributed by atoms with E-state index in [0.29, 0.717) is 33.8 Å². The summed E-state index contributed by atoms with van der Waals surface area (Å²) >= 11 is 3.39. The lowest BCUT2D eigenvalue weighted by Gasteiger charge is -2.12. The summed E-state index contributed by atoms with van der Waals surface area (Å²) in [4.78, 5) is 17.7. The van der Waals surface area contributed by atoms with Crippen LogP contribution in [0.2, 0.25) is 0 Å². The number of ether oxygens (including phenoxy) is 2. The molecular weight excluding hydrogens is 436 g/mol. The lowest BCUT2D eigenvalue weighted by molar-refractivity contribution is 0.329. The van der Waals surface area contributed by atoms with Gasteiger partial charge in [0, 0.05) is 10.4 Å². The van der Waals surface area contributed by atoms with Crippen LogP contribution < -0.4 is 15.0 Å². The van der Waals surface area contributed by atoms with Gasteiger partial charge in [0.25, 0.3) is 5.56 Å². The van der Waals surface area contributed by atoms with E-state index in [0.717, 1.165) is 4.47 Å². The van der Waals surface area contributed by atoms with Crippen LogP contribution in [0.25, 0.3) is 10.9 Å². The van der Waals surface area contributed by atoms with Gasteiger partial charge in [0.1, 0.15) is 11.9 Å². The summed E-state index contributed by atoms with van der Waals surface area (Å²) in [5.74, 6) is 1.51. The lowest BCUT2D eigenvalue weighted by atomic mass is 10.2. The molecule has 148 valence electrons. The molecule has 0 bridgehead atoms. The standard InChI is InChI=1S/C21H19BrN4O3/c1-13(2)20-25-17-6-5-15(22)11-16(17)21(27)26(20)24-12-14-4-7-18(29-9-8-23)19(10-14)28-3/h4-7,10-13H,9H2,1-3H3. The van der Waals surface area contributed by atoms with Gasteiger partial charge < -0.3 is 9.47 Å². The molecule has 0 amide bonds. The highest BCUT2D eigenvalue weighted by atomic mass is 79.9. The molecule has 0 saturated carbocycles. The summed E-state index contributed by atoms with van der Waals surface area (Å²) in [6.45, 7) is 3.85. The Hall–Kier alpha value is -3.18. The third-order valence-corrected chi connectivity index (χ3v) is 4.65. The molecule has 0 saturated heterocycles. The summed E-state index contributed by atoms with van der Waals surface area (Å²) in [5.41, 5.74) is 1.10. The zero-order chi connectivity index (χ0) is 21.0. The molecule has 0 fully saturated rings. The predicted octanol–water partition coefficient (Wildman–Crippen LogP) is 4.08. The Kier molecular flexibility index (Phi) is 6.29. The Bertz CT molecular complexity index is 1180. The summed E-state index contributed by atoms with van der Waals surface area (Å²) in [7, 11) is 1.52. The first-order valence-corrected chi connectivity index (χ1v) is 9.68. The molecule has 8 heteroatoms. The van der Waals surface area contributed by atoms with Crippen LogP contribution in [0.3, 0.4) is 0 Å². The smallest absolute Gasteiger partial charge is 0.282 e. The molecule has 0 aliphatic heterocycles. The van der Waals surface area contributed by atoms with Gasteiger partial charge in [-0.15, -0.1) is 0 Å². The Morgan fingerprint density at radius 3 is 2.76 bits per heavy atom. The van der Waals surface area contributed by atoms with Gasteiger partial charge >= 0.3 is 0 Å². The minimum absolute atomic E-state index is 0.00388. The number of rotatable bonds is 6. The molecule has 3 rings (SSSR count). The molecule has 2 aromatic carbocycles. The number of hydrogen-bond acceptors (Lipinski definition) is 6. The van der Waals surface area contributed by atoms with Crippen LogP contribution in [-0.2, 0) is 0 Å². The third kappa shape index (κ3) is 4.46. The maximum atomic E-state index is 13.0. The highest BCUT2D eigenvalue weighted by Crippen LogP contribution is 2.27. The van der Waals surface area contributed by atoms with Gasteiger partial charge in [0.2, 0.25) is 0 Å². The summed E-state index contributed by atoms with van der Waals surface area (Å²) in [5, 5.41) is 13.5. The first-order valence-electron chi connectivity index (χ1n) is 8.89. The van der Waals surface area contributed by atoms with Gasteiger partial charge in [0.15, 0.2) is 18.1 Å². The van der Waals surface area contributed by atoms with Crippen molar-refractivity contribution in [1.82, 2.24) is 9.66 Å². The fourth-order valence-electron chi connectivity index (χ4n) is 2.77. The van der Waals surface area contributed by atoms with Crippen molar-refractivity contribution in [3.63, 3.8) is 0 Å². The number of aromatic nitrogens is 2. The van der Waals surface area contributed by atoms with Gasteiger partial charge in [-0.1, -0.05) is 29.8 Å². The molecule has 0 N–H and O–H groups in total. The molecule has 29 heavy (non-hydrogen) atoms. The van der Waals surface area contributed by atoms with Crippen molar-refractivity contribution in [2.45, 2.75) is 19.8 Å². The number of nitrogens with zero attached hydrogens (tertiary/aromatic N) is 4. The van der Waals surface area contributed by atoms with Crippen molar-refractivity contribution in [2.75, 3.05) is 13.7 Å². The number of hydrogen-bond donors (Lipinski definition) is 0. The number of halogens is 1. The molecule has 1 heterocycles. The van der Waals surface area contributed by atoms with E-state index in [1.807, 2.05) is 32.0 Å². The molecule has 0 atom stereocenters.